The lowest BCUT2D eigenvalue weighted by Gasteiger charge is -2.35. The zero-order valence-corrected chi connectivity index (χ0v) is 20.3. The summed E-state index contributed by atoms with van der Waals surface area (Å²) in [5.41, 5.74) is 1.67. The van der Waals surface area contributed by atoms with Crippen LogP contribution in [-0.4, -0.2) is 46.2 Å². The SMILES string of the molecule is CCC1CCCCN1CCCNC(=O)c1ccc2cn(Cc3cccc(Br)c3)c(O)c2c1. The Balaban J connectivity index is 1.36. The van der Waals surface area contributed by atoms with Gasteiger partial charge in [-0.3, -0.25) is 4.79 Å². The van der Waals surface area contributed by atoms with E-state index in [1.807, 2.05) is 47.2 Å². The Bertz CT molecular complexity index is 1080. The maximum atomic E-state index is 12.7. The number of carbonyl (C=O) groups is 1. The summed E-state index contributed by atoms with van der Waals surface area (Å²) >= 11 is 3.49. The Morgan fingerprint density at radius 3 is 2.91 bits per heavy atom. The van der Waals surface area contributed by atoms with Crippen molar-refractivity contribution < 1.29 is 9.90 Å². The van der Waals surface area contributed by atoms with E-state index in [4.69, 9.17) is 0 Å². The molecule has 4 rings (SSSR count). The minimum Gasteiger partial charge on any atom is -0.494 e. The minimum absolute atomic E-state index is 0.0864. The van der Waals surface area contributed by atoms with Crippen LogP contribution in [0.25, 0.3) is 10.8 Å². The van der Waals surface area contributed by atoms with E-state index in [1.165, 1.54) is 32.2 Å². The third kappa shape index (κ3) is 5.36. The van der Waals surface area contributed by atoms with Crippen LogP contribution in [0.3, 0.4) is 0 Å². The second-order valence-corrected chi connectivity index (χ2v) is 9.63. The largest absolute Gasteiger partial charge is 0.494 e. The molecule has 1 aliphatic heterocycles. The molecule has 2 N–H and O–H groups in total. The Morgan fingerprint density at radius 1 is 1.22 bits per heavy atom. The molecule has 0 aliphatic carbocycles. The molecule has 2 aromatic carbocycles. The van der Waals surface area contributed by atoms with Gasteiger partial charge in [0.1, 0.15) is 0 Å². The standard InChI is InChI=1S/C26H32BrN3O2/c1-2-23-9-3-4-13-29(23)14-6-12-28-25(31)20-10-11-21-18-30(26(32)24(21)16-20)17-19-7-5-8-22(27)15-19/h5,7-8,10-11,15-16,18,23,32H,2-4,6,9,12-14,17H2,1H3,(H,28,31). The fourth-order valence-corrected chi connectivity index (χ4v) is 5.19. The van der Waals surface area contributed by atoms with Crippen LogP contribution in [0.15, 0.2) is 53.1 Å². The lowest BCUT2D eigenvalue weighted by atomic mass is 10.00. The maximum absolute atomic E-state index is 12.7. The second kappa shape index (κ2) is 10.5. The van der Waals surface area contributed by atoms with Gasteiger partial charge in [0.2, 0.25) is 0 Å². The lowest BCUT2D eigenvalue weighted by Crippen LogP contribution is -2.40. The van der Waals surface area contributed by atoms with Crippen molar-refractivity contribution in [2.45, 2.75) is 51.6 Å². The predicted octanol–water partition coefficient (Wildman–Crippen LogP) is 5.54. The van der Waals surface area contributed by atoms with Crippen LogP contribution >= 0.6 is 15.9 Å². The third-order valence-electron chi connectivity index (χ3n) is 6.49. The van der Waals surface area contributed by atoms with Crippen LogP contribution in [-0.2, 0) is 6.54 Å². The van der Waals surface area contributed by atoms with E-state index in [9.17, 15) is 9.90 Å². The summed E-state index contributed by atoms with van der Waals surface area (Å²) < 4.78 is 2.83. The Morgan fingerprint density at radius 2 is 2.09 bits per heavy atom. The van der Waals surface area contributed by atoms with Crippen LogP contribution in [0.1, 0.15) is 54.9 Å². The van der Waals surface area contributed by atoms with Crippen LogP contribution in [0, 0.1) is 0 Å². The fraction of sp³-hybridized carbons (Fsp3) is 0.423. The Hall–Kier alpha value is -2.31. The first kappa shape index (κ1) is 22.9. The average molecular weight is 498 g/mol. The van der Waals surface area contributed by atoms with E-state index >= 15 is 0 Å². The molecule has 1 unspecified atom stereocenters. The van der Waals surface area contributed by atoms with Crippen molar-refractivity contribution in [1.82, 2.24) is 14.8 Å². The number of nitrogens with one attached hydrogen (secondary N) is 1. The summed E-state index contributed by atoms with van der Waals surface area (Å²) in [6, 6.07) is 14.3. The minimum atomic E-state index is -0.0864. The number of benzene rings is 2. The van der Waals surface area contributed by atoms with Gasteiger partial charge in [-0.15, -0.1) is 0 Å². The van der Waals surface area contributed by atoms with Gasteiger partial charge in [0.15, 0.2) is 5.88 Å². The summed E-state index contributed by atoms with van der Waals surface area (Å²) in [6.07, 6.45) is 8.01. The molecule has 2 heterocycles. The van der Waals surface area contributed by atoms with Crippen LogP contribution < -0.4 is 5.32 Å². The van der Waals surface area contributed by atoms with E-state index in [1.54, 1.807) is 6.07 Å². The van der Waals surface area contributed by atoms with Gasteiger partial charge < -0.3 is 19.9 Å². The number of carbonyl (C=O) groups excluding carboxylic acids is 1. The van der Waals surface area contributed by atoms with Gasteiger partial charge >= 0.3 is 0 Å². The number of piperidine rings is 1. The predicted molar refractivity (Wildman–Crippen MR) is 133 cm³/mol. The first-order valence-electron chi connectivity index (χ1n) is 11.6. The molecule has 3 aromatic rings. The van der Waals surface area contributed by atoms with Crippen molar-refractivity contribution in [3.05, 3.63) is 64.3 Å². The molecule has 1 saturated heterocycles. The normalized spacial score (nSPS) is 17.0. The van der Waals surface area contributed by atoms with Crippen molar-refractivity contribution in [3.63, 3.8) is 0 Å². The molecular formula is C26H32BrN3O2. The quantitative estimate of drug-likeness (QED) is 0.401. The highest BCUT2D eigenvalue weighted by molar-refractivity contribution is 9.10. The van der Waals surface area contributed by atoms with Crippen LogP contribution in [0.4, 0.5) is 0 Å². The molecule has 0 radical (unpaired) electrons. The van der Waals surface area contributed by atoms with Crippen molar-refractivity contribution in [3.8, 4) is 5.88 Å². The first-order chi connectivity index (χ1) is 15.5. The number of hydrogen-bond acceptors (Lipinski definition) is 3. The van der Waals surface area contributed by atoms with Crippen LogP contribution in [0.5, 0.6) is 5.88 Å². The van der Waals surface area contributed by atoms with Gasteiger partial charge in [0.05, 0.1) is 6.54 Å². The summed E-state index contributed by atoms with van der Waals surface area (Å²) in [4.78, 5) is 15.3. The second-order valence-electron chi connectivity index (χ2n) is 8.72. The average Bonchev–Trinajstić information content (AvgIpc) is 3.11. The number of hydrogen-bond donors (Lipinski definition) is 2. The van der Waals surface area contributed by atoms with Gasteiger partial charge in [0.25, 0.3) is 5.91 Å². The van der Waals surface area contributed by atoms with E-state index in [-0.39, 0.29) is 11.8 Å². The number of nitrogens with zero attached hydrogens (tertiary/aromatic N) is 2. The zero-order chi connectivity index (χ0) is 22.5. The van der Waals surface area contributed by atoms with E-state index < -0.39 is 0 Å². The molecular weight excluding hydrogens is 466 g/mol. The third-order valence-corrected chi connectivity index (χ3v) is 6.99. The van der Waals surface area contributed by atoms with Crippen molar-refractivity contribution in [1.29, 1.82) is 0 Å². The summed E-state index contributed by atoms with van der Waals surface area (Å²) in [7, 11) is 0. The molecule has 1 aliphatic rings. The number of aromatic nitrogens is 1. The highest BCUT2D eigenvalue weighted by atomic mass is 79.9. The topological polar surface area (TPSA) is 57.5 Å². The van der Waals surface area contributed by atoms with Crippen LogP contribution in [0.2, 0.25) is 0 Å². The van der Waals surface area contributed by atoms with Crippen molar-refractivity contribution in [2.75, 3.05) is 19.6 Å². The molecule has 32 heavy (non-hydrogen) atoms. The molecule has 1 aromatic heterocycles. The molecule has 0 saturated carbocycles. The zero-order valence-electron chi connectivity index (χ0n) is 18.7. The van der Waals surface area contributed by atoms with Gasteiger partial charge in [-0.2, -0.15) is 0 Å². The Kier molecular flexibility index (Phi) is 7.53. The summed E-state index contributed by atoms with van der Waals surface area (Å²) in [5, 5.41) is 15.4. The number of aromatic hydroxyl groups is 1. The smallest absolute Gasteiger partial charge is 0.251 e. The van der Waals surface area contributed by atoms with Gasteiger partial charge in [0, 0.05) is 46.1 Å². The van der Waals surface area contributed by atoms with Gasteiger partial charge in [-0.1, -0.05) is 47.5 Å². The van der Waals surface area contributed by atoms with Crippen molar-refractivity contribution in [2.24, 2.45) is 0 Å². The molecule has 6 heteroatoms. The van der Waals surface area contributed by atoms with E-state index in [0.717, 1.165) is 28.4 Å². The number of amides is 1. The molecule has 0 bridgehead atoms. The molecule has 5 nitrogen and oxygen atoms in total. The maximum Gasteiger partial charge on any atom is 0.251 e. The highest BCUT2D eigenvalue weighted by Crippen LogP contribution is 2.29. The van der Waals surface area contributed by atoms with E-state index in [2.05, 4.69) is 33.1 Å². The lowest BCUT2D eigenvalue weighted by molar-refractivity contribution is 0.0947. The molecule has 170 valence electrons. The fourth-order valence-electron chi connectivity index (χ4n) is 4.74. The highest BCUT2D eigenvalue weighted by Gasteiger charge is 2.20. The summed E-state index contributed by atoms with van der Waals surface area (Å²) in [6.45, 7) is 5.72. The monoisotopic (exact) mass is 497 g/mol. The number of halogens is 1. The van der Waals surface area contributed by atoms with E-state index in [0.29, 0.717) is 30.1 Å². The molecule has 0 spiro atoms. The summed E-state index contributed by atoms with van der Waals surface area (Å²) in [5.74, 6) is 0.0991. The van der Waals surface area contributed by atoms with Gasteiger partial charge in [-0.25, -0.2) is 0 Å². The number of rotatable bonds is 8. The first-order valence-corrected chi connectivity index (χ1v) is 12.4. The van der Waals surface area contributed by atoms with Gasteiger partial charge in [-0.05, 0) is 62.1 Å². The molecule has 1 amide bonds. The van der Waals surface area contributed by atoms with Crippen molar-refractivity contribution >= 4 is 32.6 Å². The Labute approximate surface area is 198 Å². The number of likely N-dealkylation sites (tertiary alicyclic amines) is 1. The number of fused-ring (bicyclic) bond motifs is 1. The molecule has 1 atom stereocenters. The molecule has 1 fully saturated rings.